The van der Waals surface area contributed by atoms with E-state index >= 15 is 0 Å². The van der Waals surface area contributed by atoms with Gasteiger partial charge in [0, 0.05) is 25.6 Å². The zero-order valence-electron chi connectivity index (χ0n) is 27.0. The second-order valence-corrected chi connectivity index (χ2v) is 13.5. The predicted octanol–water partition coefficient (Wildman–Crippen LogP) is 5.64. The van der Waals surface area contributed by atoms with Crippen molar-refractivity contribution in [2.45, 2.75) is 37.4 Å². The van der Waals surface area contributed by atoms with E-state index in [0.717, 1.165) is 17.1 Å². The summed E-state index contributed by atoms with van der Waals surface area (Å²) >= 11 is 0. The number of aliphatic hydroxyl groups excluding tert-OH is 1. The van der Waals surface area contributed by atoms with Crippen LogP contribution in [0.5, 0.6) is 23.0 Å². The molecule has 248 valence electrons. The number of carbonyl (C=O) groups excluding carboxylic acids is 1. The first-order chi connectivity index (χ1) is 22.6. The Morgan fingerprint density at radius 1 is 0.957 bits per heavy atom. The summed E-state index contributed by atoms with van der Waals surface area (Å²) in [6.45, 7) is 5.02. The highest BCUT2D eigenvalue weighted by Crippen LogP contribution is 2.36. The zero-order valence-corrected chi connectivity index (χ0v) is 27.8. The summed E-state index contributed by atoms with van der Waals surface area (Å²) in [6.07, 6.45) is -0.424. The molecule has 0 fully saturated rings. The lowest BCUT2D eigenvalue weighted by molar-refractivity contribution is 0.0344. The van der Waals surface area contributed by atoms with Crippen molar-refractivity contribution in [1.82, 2.24) is 9.80 Å². The van der Waals surface area contributed by atoms with Gasteiger partial charge in [0.1, 0.15) is 23.4 Å². The number of methoxy groups -OCH3 is 1. The number of nitrogens with zero attached hydrogens (tertiary/aromatic N) is 2. The van der Waals surface area contributed by atoms with Gasteiger partial charge in [0.25, 0.3) is 15.9 Å². The number of fused-ring (bicyclic) bond motifs is 1. The van der Waals surface area contributed by atoms with Gasteiger partial charge in [-0.05, 0) is 80.2 Å². The molecule has 47 heavy (non-hydrogen) atoms. The molecule has 0 aromatic heterocycles. The number of amides is 1. The Kier molecular flexibility index (Phi) is 10.7. The molecular formula is C36H41N3O7S. The Morgan fingerprint density at radius 2 is 1.62 bits per heavy atom. The molecule has 0 radical (unpaired) electrons. The lowest BCUT2D eigenvalue weighted by atomic mass is 9.99. The lowest BCUT2D eigenvalue weighted by Crippen LogP contribution is -2.49. The van der Waals surface area contributed by atoms with Gasteiger partial charge in [0.05, 0.1) is 35.9 Å². The molecule has 0 aliphatic carbocycles. The van der Waals surface area contributed by atoms with Crippen LogP contribution >= 0.6 is 0 Å². The molecule has 1 amide bonds. The number of aliphatic hydroxyl groups is 1. The van der Waals surface area contributed by atoms with Crippen LogP contribution in [0.25, 0.3) is 0 Å². The Labute approximate surface area is 276 Å². The van der Waals surface area contributed by atoms with E-state index in [1.54, 1.807) is 42.2 Å². The fourth-order valence-electron chi connectivity index (χ4n) is 5.47. The number of anilines is 1. The molecule has 10 nitrogen and oxygen atoms in total. The van der Waals surface area contributed by atoms with Gasteiger partial charge in [-0.3, -0.25) is 14.4 Å². The van der Waals surface area contributed by atoms with Crippen LogP contribution in [0.2, 0.25) is 0 Å². The molecule has 2 N–H and O–H groups in total. The molecule has 0 spiro atoms. The molecule has 5 rings (SSSR count). The van der Waals surface area contributed by atoms with Gasteiger partial charge in [-0.2, -0.15) is 0 Å². The average Bonchev–Trinajstić information content (AvgIpc) is 3.07. The summed E-state index contributed by atoms with van der Waals surface area (Å²) in [7, 11) is -0.541. The van der Waals surface area contributed by atoms with Gasteiger partial charge in [0.15, 0.2) is 5.75 Å². The highest BCUT2D eigenvalue weighted by Gasteiger charge is 2.35. The summed E-state index contributed by atoms with van der Waals surface area (Å²) in [5, 5.41) is 10.0. The standard InChI is InChI=1S/C36H41N3O7S/c1-25-21-39(26(2)24-40)36(41)32-11-8-12-33(37-47(42,43)31-19-17-28(44-4)18-20-31)35(32)46-34(25)23-38(3)22-27-13-15-30(16-14-27)45-29-9-6-5-7-10-29/h5-20,25-26,34,37,40H,21-24H2,1-4H3/t25-,26+,34+/m1/s1. The van der Waals surface area contributed by atoms with Crippen LogP contribution in [0, 0.1) is 5.92 Å². The van der Waals surface area contributed by atoms with Crippen LogP contribution in [0.4, 0.5) is 5.69 Å². The van der Waals surface area contributed by atoms with E-state index in [2.05, 4.69) is 9.62 Å². The molecule has 4 aromatic rings. The SMILES string of the molecule is COc1ccc(S(=O)(=O)Nc2cccc3c2O[C@@H](CN(C)Cc2ccc(Oc4ccccc4)cc2)[C@H](C)CN([C@@H](C)CO)C3=O)cc1. The Morgan fingerprint density at radius 3 is 2.28 bits per heavy atom. The normalized spacial score (nSPS) is 17.2. The second kappa shape index (κ2) is 14.9. The molecule has 0 unspecified atom stereocenters. The highest BCUT2D eigenvalue weighted by molar-refractivity contribution is 7.92. The summed E-state index contributed by atoms with van der Waals surface area (Å²) < 4.78 is 47.2. The molecule has 1 heterocycles. The van der Waals surface area contributed by atoms with Crippen molar-refractivity contribution in [3.05, 3.63) is 108 Å². The third-order valence-electron chi connectivity index (χ3n) is 8.15. The molecule has 1 aliphatic heterocycles. The summed E-state index contributed by atoms with van der Waals surface area (Å²) in [5.41, 5.74) is 1.44. The molecule has 4 aromatic carbocycles. The summed E-state index contributed by atoms with van der Waals surface area (Å²) in [5.74, 6) is 1.68. The minimum atomic E-state index is -4.03. The molecule has 0 saturated heterocycles. The maximum Gasteiger partial charge on any atom is 0.262 e. The van der Waals surface area contributed by atoms with Gasteiger partial charge in [0.2, 0.25) is 0 Å². The number of rotatable bonds is 12. The third kappa shape index (κ3) is 8.23. The van der Waals surface area contributed by atoms with Crippen molar-refractivity contribution < 1.29 is 32.5 Å². The summed E-state index contributed by atoms with van der Waals surface area (Å²) in [4.78, 5) is 17.6. The van der Waals surface area contributed by atoms with Gasteiger partial charge < -0.3 is 24.2 Å². The monoisotopic (exact) mass is 659 g/mol. The smallest absolute Gasteiger partial charge is 0.262 e. The Balaban J connectivity index is 1.39. The van der Waals surface area contributed by atoms with Crippen LogP contribution in [0.1, 0.15) is 29.8 Å². The lowest BCUT2D eigenvalue weighted by Gasteiger charge is -2.38. The van der Waals surface area contributed by atoms with E-state index < -0.39 is 22.2 Å². The average molecular weight is 660 g/mol. The van der Waals surface area contributed by atoms with Crippen molar-refractivity contribution in [1.29, 1.82) is 0 Å². The topological polar surface area (TPSA) is 118 Å². The molecule has 3 atom stereocenters. The van der Waals surface area contributed by atoms with Crippen molar-refractivity contribution in [2.24, 2.45) is 5.92 Å². The van der Waals surface area contributed by atoms with Gasteiger partial charge >= 0.3 is 0 Å². The molecule has 0 bridgehead atoms. The number of benzene rings is 4. The highest BCUT2D eigenvalue weighted by atomic mass is 32.2. The predicted molar refractivity (Wildman–Crippen MR) is 181 cm³/mol. The number of sulfonamides is 1. The first kappa shape index (κ1) is 33.8. The quantitative estimate of drug-likeness (QED) is 0.201. The molecule has 1 aliphatic rings. The number of likely N-dealkylation sites (N-methyl/N-ethyl adjacent to an activating group) is 1. The number of carbonyl (C=O) groups is 1. The number of para-hydroxylation sites is 2. The van der Waals surface area contributed by atoms with E-state index in [9.17, 15) is 18.3 Å². The zero-order chi connectivity index (χ0) is 33.6. The molecular weight excluding hydrogens is 618 g/mol. The van der Waals surface area contributed by atoms with Crippen molar-refractivity contribution >= 4 is 21.6 Å². The number of nitrogens with one attached hydrogen (secondary N) is 1. The minimum Gasteiger partial charge on any atom is -0.497 e. The van der Waals surface area contributed by atoms with Crippen molar-refractivity contribution in [3.63, 3.8) is 0 Å². The maximum absolute atomic E-state index is 13.8. The van der Waals surface area contributed by atoms with Gasteiger partial charge in [-0.25, -0.2) is 8.42 Å². The van der Waals surface area contributed by atoms with Crippen LogP contribution in [-0.4, -0.2) is 75.2 Å². The number of hydrogen-bond donors (Lipinski definition) is 2. The Bertz CT molecular complexity index is 1750. The Hall–Kier alpha value is -4.58. The van der Waals surface area contributed by atoms with Crippen molar-refractivity contribution in [3.8, 4) is 23.0 Å². The first-order valence-corrected chi connectivity index (χ1v) is 16.9. The first-order valence-electron chi connectivity index (χ1n) is 15.5. The fourth-order valence-corrected chi connectivity index (χ4v) is 6.53. The van der Waals surface area contributed by atoms with Crippen LogP contribution in [0.15, 0.2) is 102 Å². The molecule has 11 heteroatoms. The van der Waals surface area contributed by atoms with E-state index in [-0.39, 0.29) is 40.3 Å². The van der Waals surface area contributed by atoms with Crippen molar-refractivity contribution in [2.75, 3.05) is 38.6 Å². The van der Waals surface area contributed by atoms with E-state index in [1.807, 2.05) is 68.6 Å². The second-order valence-electron chi connectivity index (χ2n) is 11.8. The van der Waals surface area contributed by atoms with Crippen LogP contribution < -0.4 is 18.9 Å². The van der Waals surface area contributed by atoms with E-state index in [4.69, 9.17) is 14.2 Å². The number of hydrogen-bond acceptors (Lipinski definition) is 8. The minimum absolute atomic E-state index is 0.0356. The largest absolute Gasteiger partial charge is 0.497 e. The van der Waals surface area contributed by atoms with Gasteiger partial charge in [-0.1, -0.05) is 43.3 Å². The van der Waals surface area contributed by atoms with Crippen LogP contribution in [-0.2, 0) is 16.6 Å². The fraction of sp³-hybridized carbons (Fsp3) is 0.306. The van der Waals surface area contributed by atoms with Gasteiger partial charge in [-0.15, -0.1) is 0 Å². The third-order valence-corrected chi connectivity index (χ3v) is 9.53. The van der Waals surface area contributed by atoms with E-state index in [1.165, 1.54) is 19.2 Å². The maximum atomic E-state index is 13.8. The van der Waals surface area contributed by atoms with E-state index in [0.29, 0.717) is 25.4 Å². The van der Waals surface area contributed by atoms with Crippen LogP contribution in [0.3, 0.4) is 0 Å². The summed E-state index contributed by atoms with van der Waals surface area (Å²) in [6, 6.07) is 27.9. The molecule has 0 saturated carbocycles. The number of ether oxygens (including phenoxy) is 3.